The van der Waals surface area contributed by atoms with Gasteiger partial charge in [-0.1, -0.05) is 12.1 Å². The Morgan fingerprint density at radius 1 is 1.15 bits per heavy atom. The molecule has 0 saturated heterocycles. The fraction of sp³-hybridized carbons (Fsp3) is 0.286. The van der Waals surface area contributed by atoms with Crippen LogP contribution in [0, 0.1) is 0 Å². The van der Waals surface area contributed by atoms with E-state index in [0.29, 0.717) is 23.0 Å². The molecule has 0 radical (unpaired) electrons. The zero-order valence-electron chi connectivity index (χ0n) is 10.4. The quantitative estimate of drug-likeness (QED) is 0.917. The van der Waals surface area contributed by atoms with Crippen molar-refractivity contribution in [3.05, 3.63) is 51.9 Å². The molecule has 0 spiro atoms. The zero-order chi connectivity index (χ0) is 14.3. The van der Waals surface area contributed by atoms with Gasteiger partial charge >= 0.3 is 6.18 Å². The number of hydrogen-bond acceptors (Lipinski definition) is 2. The lowest BCUT2D eigenvalue weighted by molar-refractivity contribution is -0.137. The van der Waals surface area contributed by atoms with Crippen LogP contribution in [0.25, 0.3) is 11.4 Å². The predicted molar refractivity (Wildman–Crippen MR) is 67.3 cm³/mol. The monoisotopic (exact) mass is 280 g/mol. The fourth-order valence-corrected chi connectivity index (χ4v) is 2.02. The second kappa shape index (κ2) is 4.47. The van der Waals surface area contributed by atoms with E-state index in [4.69, 9.17) is 0 Å². The molecule has 3 nitrogen and oxygen atoms in total. The fourth-order valence-electron chi connectivity index (χ4n) is 2.02. The van der Waals surface area contributed by atoms with E-state index >= 15 is 0 Å². The first kappa shape index (κ1) is 12.9. The highest BCUT2D eigenvalue weighted by atomic mass is 19.4. The van der Waals surface area contributed by atoms with E-state index in [9.17, 15) is 18.0 Å². The van der Waals surface area contributed by atoms with Crippen molar-refractivity contribution in [3.63, 3.8) is 0 Å². The van der Waals surface area contributed by atoms with Crippen LogP contribution in [0.2, 0.25) is 0 Å². The van der Waals surface area contributed by atoms with Gasteiger partial charge in [-0.3, -0.25) is 4.79 Å². The molecule has 2 aromatic rings. The minimum Gasteiger partial charge on any atom is -0.307 e. The Morgan fingerprint density at radius 3 is 2.35 bits per heavy atom. The van der Waals surface area contributed by atoms with Gasteiger partial charge in [0, 0.05) is 17.5 Å². The average Bonchev–Trinajstić information content (AvgIpc) is 3.21. The van der Waals surface area contributed by atoms with Crippen LogP contribution in [0.4, 0.5) is 13.2 Å². The number of aromatic amines is 1. The molecular weight excluding hydrogens is 269 g/mol. The molecular formula is C14H11F3N2O. The summed E-state index contributed by atoms with van der Waals surface area (Å²) in [5.41, 5.74) is 0.181. The molecule has 1 saturated carbocycles. The molecule has 1 aromatic carbocycles. The summed E-state index contributed by atoms with van der Waals surface area (Å²) < 4.78 is 37.5. The van der Waals surface area contributed by atoms with Crippen molar-refractivity contribution in [3.8, 4) is 11.4 Å². The first-order valence-electron chi connectivity index (χ1n) is 6.22. The summed E-state index contributed by atoms with van der Waals surface area (Å²) in [6.45, 7) is 0. The van der Waals surface area contributed by atoms with Gasteiger partial charge in [-0.15, -0.1) is 0 Å². The van der Waals surface area contributed by atoms with Crippen LogP contribution in [-0.4, -0.2) is 9.97 Å². The van der Waals surface area contributed by atoms with E-state index < -0.39 is 11.7 Å². The van der Waals surface area contributed by atoms with Crippen LogP contribution in [0.15, 0.2) is 35.1 Å². The topological polar surface area (TPSA) is 45.8 Å². The van der Waals surface area contributed by atoms with E-state index in [0.717, 1.165) is 25.0 Å². The number of halogens is 3. The summed E-state index contributed by atoms with van der Waals surface area (Å²) in [6.07, 6.45) is -2.36. The highest BCUT2D eigenvalue weighted by Crippen LogP contribution is 2.38. The lowest BCUT2D eigenvalue weighted by Gasteiger charge is -2.08. The molecule has 3 rings (SSSR count). The van der Waals surface area contributed by atoms with E-state index in [2.05, 4.69) is 9.97 Å². The van der Waals surface area contributed by atoms with Gasteiger partial charge in [0.05, 0.1) is 11.3 Å². The molecule has 1 aromatic heterocycles. The van der Waals surface area contributed by atoms with Crippen LogP contribution in [0.5, 0.6) is 0 Å². The van der Waals surface area contributed by atoms with Crippen molar-refractivity contribution < 1.29 is 13.2 Å². The Labute approximate surface area is 112 Å². The highest BCUT2D eigenvalue weighted by Gasteiger charge is 2.30. The van der Waals surface area contributed by atoms with Gasteiger partial charge in [0.1, 0.15) is 5.82 Å². The number of aromatic nitrogens is 2. The number of rotatable bonds is 2. The minimum atomic E-state index is -4.37. The van der Waals surface area contributed by atoms with Crippen molar-refractivity contribution >= 4 is 0 Å². The van der Waals surface area contributed by atoms with Gasteiger partial charge in [0.25, 0.3) is 5.56 Å². The van der Waals surface area contributed by atoms with Crippen LogP contribution < -0.4 is 5.56 Å². The van der Waals surface area contributed by atoms with Crippen LogP contribution in [0.1, 0.15) is 30.0 Å². The molecule has 20 heavy (non-hydrogen) atoms. The van der Waals surface area contributed by atoms with Crippen molar-refractivity contribution in [2.45, 2.75) is 24.9 Å². The Balaban J connectivity index is 1.98. The van der Waals surface area contributed by atoms with E-state index in [-0.39, 0.29) is 5.56 Å². The first-order chi connectivity index (χ1) is 9.43. The maximum atomic E-state index is 12.5. The van der Waals surface area contributed by atoms with Gasteiger partial charge in [0.15, 0.2) is 0 Å². The van der Waals surface area contributed by atoms with E-state index in [1.807, 2.05) is 0 Å². The molecule has 0 bridgehead atoms. The Hall–Kier alpha value is -2.11. The van der Waals surface area contributed by atoms with Crippen LogP contribution in [-0.2, 0) is 6.18 Å². The molecule has 1 heterocycles. The SMILES string of the molecule is O=c1cc(C2CC2)nc(-c2ccc(C(F)(F)F)cc2)[nH]1. The molecule has 1 N–H and O–H groups in total. The van der Waals surface area contributed by atoms with Crippen molar-refractivity contribution in [2.75, 3.05) is 0 Å². The Bertz CT molecular complexity index is 685. The largest absolute Gasteiger partial charge is 0.416 e. The van der Waals surface area contributed by atoms with Gasteiger partial charge in [0.2, 0.25) is 0 Å². The zero-order valence-corrected chi connectivity index (χ0v) is 10.4. The molecule has 0 atom stereocenters. The third-order valence-corrected chi connectivity index (χ3v) is 3.24. The normalized spacial score (nSPS) is 15.3. The first-order valence-corrected chi connectivity index (χ1v) is 6.22. The summed E-state index contributed by atoms with van der Waals surface area (Å²) in [5.74, 6) is 0.624. The number of nitrogens with one attached hydrogen (secondary N) is 1. The van der Waals surface area contributed by atoms with Gasteiger partial charge < -0.3 is 4.98 Å². The number of nitrogens with zero attached hydrogens (tertiary/aromatic N) is 1. The maximum absolute atomic E-state index is 12.5. The van der Waals surface area contributed by atoms with Gasteiger partial charge in [-0.2, -0.15) is 13.2 Å². The molecule has 1 aliphatic rings. The van der Waals surface area contributed by atoms with E-state index in [1.54, 1.807) is 0 Å². The smallest absolute Gasteiger partial charge is 0.307 e. The molecule has 0 amide bonds. The predicted octanol–water partition coefficient (Wildman–Crippen LogP) is 3.33. The van der Waals surface area contributed by atoms with Crippen molar-refractivity contribution in [1.82, 2.24) is 9.97 Å². The molecule has 6 heteroatoms. The van der Waals surface area contributed by atoms with Crippen molar-refractivity contribution in [2.24, 2.45) is 0 Å². The summed E-state index contributed by atoms with van der Waals surface area (Å²) in [7, 11) is 0. The Kier molecular flexibility index (Phi) is 2.88. The molecule has 0 unspecified atom stereocenters. The maximum Gasteiger partial charge on any atom is 0.416 e. The standard InChI is InChI=1S/C14H11F3N2O/c15-14(16,17)10-5-3-9(4-6-10)13-18-11(8-1-2-8)7-12(20)19-13/h3-8H,1-2H2,(H,18,19,20). The van der Waals surface area contributed by atoms with Crippen LogP contribution >= 0.6 is 0 Å². The second-order valence-electron chi connectivity index (χ2n) is 4.87. The summed E-state index contributed by atoms with van der Waals surface area (Å²) in [6, 6.07) is 6.05. The van der Waals surface area contributed by atoms with Crippen LogP contribution in [0.3, 0.4) is 0 Å². The lowest BCUT2D eigenvalue weighted by atomic mass is 10.1. The summed E-state index contributed by atoms with van der Waals surface area (Å²) in [5, 5.41) is 0. The number of alkyl halides is 3. The third kappa shape index (κ3) is 2.59. The summed E-state index contributed by atoms with van der Waals surface area (Å²) in [4.78, 5) is 18.4. The highest BCUT2D eigenvalue weighted by molar-refractivity contribution is 5.55. The van der Waals surface area contributed by atoms with Gasteiger partial charge in [-0.25, -0.2) is 4.98 Å². The summed E-state index contributed by atoms with van der Waals surface area (Å²) >= 11 is 0. The number of benzene rings is 1. The minimum absolute atomic E-state index is 0.281. The number of H-pyrrole nitrogens is 1. The van der Waals surface area contributed by atoms with Gasteiger partial charge in [-0.05, 0) is 25.0 Å². The van der Waals surface area contributed by atoms with E-state index in [1.165, 1.54) is 18.2 Å². The molecule has 1 fully saturated rings. The molecule has 0 aliphatic heterocycles. The Morgan fingerprint density at radius 2 is 1.80 bits per heavy atom. The number of hydrogen-bond donors (Lipinski definition) is 1. The second-order valence-corrected chi connectivity index (χ2v) is 4.87. The van der Waals surface area contributed by atoms with Crippen molar-refractivity contribution in [1.29, 1.82) is 0 Å². The lowest BCUT2D eigenvalue weighted by Crippen LogP contribution is -2.10. The molecule has 104 valence electrons. The average molecular weight is 280 g/mol. The molecule has 1 aliphatic carbocycles. The third-order valence-electron chi connectivity index (χ3n) is 3.24.